The lowest BCUT2D eigenvalue weighted by atomic mass is 10.3. The van der Waals surface area contributed by atoms with Crippen LogP contribution in [0.5, 0.6) is 0 Å². The van der Waals surface area contributed by atoms with Crippen LogP contribution in [-0.4, -0.2) is 18.6 Å². The highest BCUT2D eigenvalue weighted by molar-refractivity contribution is 7.99. The number of unbranched alkanes of at least 4 members (excludes halogenated alkanes) is 1. The number of nitrogen functional groups attached to an aromatic ring is 1. The number of nitrogens with one attached hydrogen (secondary N) is 1. The zero-order valence-corrected chi connectivity index (χ0v) is 11.6. The summed E-state index contributed by atoms with van der Waals surface area (Å²) in [5.41, 5.74) is 6.58. The molecule has 0 aliphatic rings. The Bertz CT molecular complexity index is 374. The number of thioether (sulfide) groups is 1. The van der Waals surface area contributed by atoms with Gasteiger partial charge < -0.3 is 11.1 Å². The summed E-state index contributed by atoms with van der Waals surface area (Å²) >= 11 is 3.05. The molecule has 0 aromatic carbocycles. The molecule has 0 atom stereocenters. The third-order valence-electron chi connectivity index (χ3n) is 2.24. The van der Waals surface area contributed by atoms with E-state index in [9.17, 15) is 4.79 Å². The molecular formula is C11H18N2OS2. The first-order valence-corrected chi connectivity index (χ1v) is 7.37. The number of rotatable bonds is 6. The first kappa shape index (κ1) is 13.4. The second kappa shape index (κ2) is 6.15. The Kier molecular flexibility index (Phi) is 5.15. The monoisotopic (exact) mass is 258 g/mol. The van der Waals surface area contributed by atoms with Crippen LogP contribution in [0.25, 0.3) is 0 Å². The average Bonchev–Trinajstić information content (AvgIpc) is 2.55. The topological polar surface area (TPSA) is 55.1 Å². The molecule has 0 amide bonds. The van der Waals surface area contributed by atoms with Crippen LogP contribution in [0.4, 0.5) is 10.7 Å². The van der Waals surface area contributed by atoms with Crippen molar-refractivity contribution in [2.45, 2.75) is 31.6 Å². The van der Waals surface area contributed by atoms with E-state index in [0.29, 0.717) is 10.6 Å². The van der Waals surface area contributed by atoms with Gasteiger partial charge in [-0.05, 0) is 12.7 Å². The first-order valence-electron chi connectivity index (χ1n) is 5.32. The normalized spacial score (nSPS) is 10.4. The lowest BCUT2D eigenvalue weighted by Gasteiger charge is -2.04. The fraction of sp³-hybridized carbons (Fsp3) is 0.545. The van der Waals surface area contributed by atoms with Crippen molar-refractivity contribution in [1.29, 1.82) is 0 Å². The molecule has 16 heavy (non-hydrogen) atoms. The predicted octanol–water partition coefficient (Wildman–Crippen LogP) is 3.47. The zero-order chi connectivity index (χ0) is 12.1. The summed E-state index contributed by atoms with van der Waals surface area (Å²) in [6, 6.07) is 0. The molecule has 1 heterocycles. The minimum atomic E-state index is 0.0429. The molecule has 1 rings (SSSR count). The van der Waals surface area contributed by atoms with E-state index in [0.717, 1.165) is 29.3 Å². The van der Waals surface area contributed by atoms with Crippen molar-refractivity contribution in [2.24, 2.45) is 0 Å². The van der Waals surface area contributed by atoms with Crippen LogP contribution in [0, 0.1) is 0 Å². The van der Waals surface area contributed by atoms with Crippen molar-refractivity contribution in [1.82, 2.24) is 0 Å². The number of hydrogen-bond acceptors (Lipinski definition) is 5. The van der Waals surface area contributed by atoms with Gasteiger partial charge in [0.15, 0.2) is 5.78 Å². The smallest absolute Gasteiger partial charge is 0.171 e. The Balaban J connectivity index is 2.90. The van der Waals surface area contributed by atoms with Gasteiger partial charge in [0, 0.05) is 13.5 Å². The van der Waals surface area contributed by atoms with Crippen LogP contribution < -0.4 is 11.1 Å². The standard InChI is InChI=1S/C11H18N2OS2/c1-4-5-6-13-11-10(15-3)8(12)9(16-11)7(2)14/h13H,4-6,12H2,1-3H3. The van der Waals surface area contributed by atoms with Gasteiger partial charge in [-0.2, -0.15) is 0 Å². The van der Waals surface area contributed by atoms with Crippen molar-refractivity contribution < 1.29 is 4.79 Å². The molecule has 0 aliphatic carbocycles. The summed E-state index contributed by atoms with van der Waals surface area (Å²) in [4.78, 5) is 13.0. The Morgan fingerprint density at radius 2 is 2.25 bits per heavy atom. The number of hydrogen-bond donors (Lipinski definition) is 2. The molecule has 0 saturated heterocycles. The maximum Gasteiger partial charge on any atom is 0.171 e. The van der Waals surface area contributed by atoms with Gasteiger partial charge in [-0.15, -0.1) is 23.1 Å². The van der Waals surface area contributed by atoms with Gasteiger partial charge in [0.2, 0.25) is 0 Å². The van der Waals surface area contributed by atoms with Gasteiger partial charge in [-0.25, -0.2) is 0 Å². The fourth-order valence-corrected chi connectivity index (χ4v) is 3.34. The van der Waals surface area contributed by atoms with Crippen LogP contribution in [0.1, 0.15) is 36.4 Å². The zero-order valence-electron chi connectivity index (χ0n) is 9.92. The van der Waals surface area contributed by atoms with Gasteiger partial charge in [-0.1, -0.05) is 13.3 Å². The second-order valence-electron chi connectivity index (χ2n) is 3.54. The maximum absolute atomic E-state index is 11.4. The van der Waals surface area contributed by atoms with Crippen LogP contribution in [0.15, 0.2) is 4.90 Å². The van der Waals surface area contributed by atoms with E-state index in [1.54, 1.807) is 18.7 Å². The summed E-state index contributed by atoms with van der Waals surface area (Å²) in [5.74, 6) is 0.0429. The molecule has 1 aromatic rings. The molecule has 0 unspecified atom stereocenters. The minimum absolute atomic E-state index is 0.0429. The van der Waals surface area contributed by atoms with E-state index in [4.69, 9.17) is 5.73 Å². The second-order valence-corrected chi connectivity index (χ2v) is 5.38. The highest BCUT2D eigenvalue weighted by Crippen LogP contribution is 2.41. The van der Waals surface area contributed by atoms with E-state index in [2.05, 4.69) is 12.2 Å². The minimum Gasteiger partial charge on any atom is -0.396 e. The molecular weight excluding hydrogens is 240 g/mol. The molecule has 1 aromatic heterocycles. The van der Waals surface area contributed by atoms with Crippen molar-refractivity contribution in [3.63, 3.8) is 0 Å². The van der Waals surface area contributed by atoms with Gasteiger partial charge in [0.05, 0.1) is 15.5 Å². The summed E-state index contributed by atoms with van der Waals surface area (Å²) in [6.45, 7) is 4.64. The Labute approximate surface area is 105 Å². The van der Waals surface area contributed by atoms with Crippen LogP contribution in [0.2, 0.25) is 0 Å². The fourth-order valence-electron chi connectivity index (χ4n) is 1.39. The summed E-state index contributed by atoms with van der Waals surface area (Å²) < 4.78 is 0. The van der Waals surface area contributed by atoms with E-state index in [1.807, 2.05) is 6.26 Å². The average molecular weight is 258 g/mol. The molecule has 0 fully saturated rings. The van der Waals surface area contributed by atoms with Gasteiger partial charge >= 0.3 is 0 Å². The Morgan fingerprint density at radius 3 is 2.75 bits per heavy atom. The third-order valence-corrected chi connectivity index (χ3v) is 4.46. The molecule has 5 heteroatoms. The number of anilines is 2. The summed E-state index contributed by atoms with van der Waals surface area (Å²) in [6.07, 6.45) is 4.26. The van der Waals surface area contributed by atoms with E-state index in [1.165, 1.54) is 11.3 Å². The van der Waals surface area contributed by atoms with Crippen LogP contribution >= 0.6 is 23.1 Å². The molecule has 3 nitrogen and oxygen atoms in total. The Morgan fingerprint density at radius 1 is 1.56 bits per heavy atom. The van der Waals surface area contributed by atoms with E-state index < -0.39 is 0 Å². The molecule has 0 radical (unpaired) electrons. The number of thiophene rings is 1. The maximum atomic E-state index is 11.4. The van der Waals surface area contributed by atoms with Crippen LogP contribution in [0.3, 0.4) is 0 Å². The summed E-state index contributed by atoms with van der Waals surface area (Å²) in [7, 11) is 0. The third kappa shape index (κ3) is 2.92. The van der Waals surface area contributed by atoms with E-state index >= 15 is 0 Å². The summed E-state index contributed by atoms with van der Waals surface area (Å²) in [5, 5.41) is 4.38. The lowest BCUT2D eigenvalue weighted by molar-refractivity contribution is 0.102. The number of carbonyl (C=O) groups excluding carboxylic acids is 1. The molecule has 0 bridgehead atoms. The molecule has 0 spiro atoms. The highest BCUT2D eigenvalue weighted by Gasteiger charge is 2.17. The number of carbonyl (C=O) groups is 1. The van der Waals surface area contributed by atoms with Gasteiger partial charge in [0.25, 0.3) is 0 Å². The predicted molar refractivity (Wildman–Crippen MR) is 73.9 cm³/mol. The van der Waals surface area contributed by atoms with Crippen molar-refractivity contribution in [3.8, 4) is 0 Å². The SMILES string of the molecule is CCCCNc1sc(C(C)=O)c(N)c1SC. The van der Waals surface area contributed by atoms with Gasteiger partial charge in [0.1, 0.15) is 5.00 Å². The molecule has 90 valence electrons. The van der Waals surface area contributed by atoms with E-state index in [-0.39, 0.29) is 5.78 Å². The van der Waals surface area contributed by atoms with Crippen molar-refractivity contribution in [3.05, 3.63) is 4.88 Å². The molecule has 3 N–H and O–H groups in total. The number of Topliss-reactive ketones (excluding diaryl/α,β-unsaturated/α-hetero) is 1. The van der Waals surface area contributed by atoms with Crippen molar-refractivity contribution >= 4 is 39.6 Å². The van der Waals surface area contributed by atoms with Gasteiger partial charge in [-0.3, -0.25) is 4.79 Å². The molecule has 0 aliphatic heterocycles. The van der Waals surface area contributed by atoms with Crippen molar-refractivity contribution in [2.75, 3.05) is 23.9 Å². The highest BCUT2D eigenvalue weighted by atomic mass is 32.2. The quantitative estimate of drug-likeness (QED) is 0.466. The lowest BCUT2D eigenvalue weighted by Crippen LogP contribution is -2.00. The largest absolute Gasteiger partial charge is 0.396 e. The number of nitrogens with two attached hydrogens (primary N) is 1. The first-order chi connectivity index (χ1) is 7.61. The Hall–Kier alpha value is -0.680. The van der Waals surface area contributed by atoms with Crippen LogP contribution in [-0.2, 0) is 0 Å². The number of ketones is 1. The molecule has 0 saturated carbocycles.